The minimum atomic E-state index is -0.727. The summed E-state index contributed by atoms with van der Waals surface area (Å²) in [4.78, 5) is 0. The van der Waals surface area contributed by atoms with Gasteiger partial charge in [-0.25, -0.2) is 0 Å². The minimum absolute atomic E-state index is 0.111. The summed E-state index contributed by atoms with van der Waals surface area (Å²) in [7, 11) is 0. The van der Waals surface area contributed by atoms with E-state index in [4.69, 9.17) is 9.47 Å². The van der Waals surface area contributed by atoms with Crippen LogP contribution in [0.5, 0.6) is 11.5 Å². The third kappa shape index (κ3) is 8.50. The molecule has 2 aromatic rings. The molecule has 5 heteroatoms. The minimum Gasteiger partial charge on any atom is -0.494 e. The summed E-state index contributed by atoms with van der Waals surface area (Å²) in [6.45, 7) is 8.21. The first kappa shape index (κ1) is 25.7. The standard InChI is InChI=1S/C27H36O5/c1-3-13-27(30,14-4-2)15-6-5-7-16-31-25-10-8-9-22(17-25)21-32-26-12-11-23(19-28)24(18-26)20-29/h3-4,8-12,17-18,28-30H,1-2,5-7,13-16,19-21H2. The van der Waals surface area contributed by atoms with E-state index in [9.17, 15) is 15.3 Å². The number of hydrogen-bond donors (Lipinski definition) is 3. The van der Waals surface area contributed by atoms with Crippen LogP contribution in [0.15, 0.2) is 67.8 Å². The SMILES string of the molecule is C=CCC(O)(CC=C)CCCCCOc1cccc(COc2ccc(CO)c(CO)c2)c1. The van der Waals surface area contributed by atoms with Crippen LogP contribution in [-0.4, -0.2) is 27.5 Å². The molecule has 0 fully saturated rings. The second kappa shape index (κ2) is 13.7. The third-order valence-corrected chi connectivity index (χ3v) is 5.43. The monoisotopic (exact) mass is 440 g/mol. The van der Waals surface area contributed by atoms with Gasteiger partial charge in [-0.3, -0.25) is 0 Å². The smallest absolute Gasteiger partial charge is 0.120 e. The highest BCUT2D eigenvalue weighted by atomic mass is 16.5. The van der Waals surface area contributed by atoms with Crippen molar-refractivity contribution < 1.29 is 24.8 Å². The molecular formula is C27H36O5. The first-order valence-electron chi connectivity index (χ1n) is 11.2. The Balaban J connectivity index is 1.75. The van der Waals surface area contributed by atoms with Crippen molar-refractivity contribution >= 4 is 0 Å². The normalized spacial score (nSPS) is 11.2. The van der Waals surface area contributed by atoms with Gasteiger partial charge in [0.1, 0.15) is 18.1 Å². The Kier molecular flexibility index (Phi) is 11.0. The van der Waals surface area contributed by atoms with E-state index in [1.54, 1.807) is 30.4 Å². The molecule has 0 aromatic heterocycles. The fourth-order valence-electron chi connectivity index (χ4n) is 3.63. The van der Waals surface area contributed by atoms with Crippen LogP contribution in [0.1, 0.15) is 55.2 Å². The predicted octanol–water partition coefficient (Wildman–Crippen LogP) is 5.07. The van der Waals surface area contributed by atoms with Crippen molar-refractivity contribution in [2.45, 2.75) is 63.9 Å². The highest BCUT2D eigenvalue weighted by Gasteiger charge is 2.22. The van der Waals surface area contributed by atoms with Crippen LogP contribution in [0, 0.1) is 0 Å². The third-order valence-electron chi connectivity index (χ3n) is 5.43. The molecule has 0 bridgehead atoms. The molecule has 0 unspecified atom stereocenters. The lowest BCUT2D eigenvalue weighted by molar-refractivity contribution is 0.0345. The molecule has 2 rings (SSSR count). The molecule has 0 heterocycles. The maximum absolute atomic E-state index is 10.6. The second-order valence-corrected chi connectivity index (χ2v) is 8.05. The second-order valence-electron chi connectivity index (χ2n) is 8.05. The average Bonchev–Trinajstić information content (AvgIpc) is 2.80. The average molecular weight is 441 g/mol. The Morgan fingerprint density at radius 3 is 2.22 bits per heavy atom. The number of unbranched alkanes of at least 4 members (excludes halogenated alkanes) is 2. The number of aliphatic hydroxyl groups excluding tert-OH is 2. The Morgan fingerprint density at radius 2 is 1.53 bits per heavy atom. The molecular weight excluding hydrogens is 404 g/mol. The molecule has 0 radical (unpaired) electrons. The van der Waals surface area contributed by atoms with Crippen molar-refractivity contribution in [3.63, 3.8) is 0 Å². The molecule has 0 amide bonds. The molecule has 32 heavy (non-hydrogen) atoms. The molecule has 2 aromatic carbocycles. The maximum Gasteiger partial charge on any atom is 0.120 e. The van der Waals surface area contributed by atoms with Gasteiger partial charge in [-0.05, 0) is 73.1 Å². The van der Waals surface area contributed by atoms with Crippen LogP contribution < -0.4 is 9.47 Å². The van der Waals surface area contributed by atoms with Crippen molar-refractivity contribution in [2.24, 2.45) is 0 Å². The lowest BCUT2D eigenvalue weighted by Gasteiger charge is -2.25. The highest BCUT2D eigenvalue weighted by Crippen LogP contribution is 2.24. The van der Waals surface area contributed by atoms with E-state index >= 15 is 0 Å². The number of ether oxygens (including phenoxy) is 2. The molecule has 0 aliphatic carbocycles. The summed E-state index contributed by atoms with van der Waals surface area (Å²) in [5.74, 6) is 1.44. The van der Waals surface area contributed by atoms with Gasteiger partial charge < -0.3 is 24.8 Å². The van der Waals surface area contributed by atoms with Crippen LogP contribution in [0.3, 0.4) is 0 Å². The molecule has 0 aliphatic heterocycles. The van der Waals surface area contributed by atoms with Gasteiger partial charge in [0.05, 0.1) is 25.4 Å². The highest BCUT2D eigenvalue weighted by molar-refractivity contribution is 5.35. The van der Waals surface area contributed by atoms with E-state index in [2.05, 4.69) is 13.2 Å². The topological polar surface area (TPSA) is 79.2 Å². The number of benzene rings is 2. The van der Waals surface area contributed by atoms with E-state index in [-0.39, 0.29) is 13.2 Å². The van der Waals surface area contributed by atoms with Crippen LogP contribution in [0.25, 0.3) is 0 Å². The Labute approximate surface area is 191 Å². The Morgan fingerprint density at radius 1 is 0.812 bits per heavy atom. The van der Waals surface area contributed by atoms with Crippen LogP contribution in [0.2, 0.25) is 0 Å². The van der Waals surface area contributed by atoms with Crippen LogP contribution in [-0.2, 0) is 19.8 Å². The quantitative estimate of drug-likeness (QED) is 0.251. The first-order chi connectivity index (χ1) is 15.5. The van der Waals surface area contributed by atoms with Gasteiger partial charge in [-0.2, -0.15) is 0 Å². The number of rotatable bonds is 16. The summed E-state index contributed by atoms with van der Waals surface area (Å²) >= 11 is 0. The largest absolute Gasteiger partial charge is 0.494 e. The Hall–Kier alpha value is -2.60. The van der Waals surface area contributed by atoms with E-state index in [1.165, 1.54) is 0 Å². The molecule has 0 saturated carbocycles. The van der Waals surface area contributed by atoms with Gasteiger partial charge in [-0.1, -0.05) is 36.8 Å². The van der Waals surface area contributed by atoms with Crippen molar-refractivity contribution in [1.82, 2.24) is 0 Å². The summed E-state index contributed by atoms with van der Waals surface area (Å²) in [6.07, 6.45) is 8.25. The van der Waals surface area contributed by atoms with Gasteiger partial charge in [0.2, 0.25) is 0 Å². The molecule has 0 aliphatic rings. The van der Waals surface area contributed by atoms with E-state index < -0.39 is 5.60 Å². The fourth-order valence-corrected chi connectivity index (χ4v) is 3.63. The number of aliphatic hydroxyl groups is 3. The van der Waals surface area contributed by atoms with Crippen molar-refractivity contribution in [1.29, 1.82) is 0 Å². The molecule has 0 atom stereocenters. The summed E-state index contributed by atoms with van der Waals surface area (Å²) < 4.78 is 11.7. The summed E-state index contributed by atoms with van der Waals surface area (Å²) in [5, 5.41) is 29.3. The predicted molar refractivity (Wildman–Crippen MR) is 128 cm³/mol. The van der Waals surface area contributed by atoms with Gasteiger partial charge in [0.15, 0.2) is 0 Å². The van der Waals surface area contributed by atoms with Crippen LogP contribution >= 0.6 is 0 Å². The van der Waals surface area contributed by atoms with Crippen molar-refractivity contribution in [2.75, 3.05) is 6.61 Å². The van der Waals surface area contributed by atoms with Gasteiger partial charge in [0.25, 0.3) is 0 Å². The maximum atomic E-state index is 10.6. The van der Waals surface area contributed by atoms with Crippen molar-refractivity contribution in [3.8, 4) is 11.5 Å². The lowest BCUT2D eigenvalue weighted by Crippen LogP contribution is -2.26. The van der Waals surface area contributed by atoms with E-state index in [0.29, 0.717) is 42.9 Å². The van der Waals surface area contributed by atoms with Gasteiger partial charge >= 0.3 is 0 Å². The zero-order chi connectivity index (χ0) is 23.2. The van der Waals surface area contributed by atoms with Crippen molar-refractivity contribution in [3.05, 3.63) is 84.5 Å². The molecule has 0 spiro atoms. The molecule has 174 valence electrons. The van der Waals surface area contributed by atoms with Gasteiger partial charge in [-0.15, -0.1) is 13.2 Å². The molecule has 3 N–H and O–H groups in total. The first-order valence-corrected chi connectivity index (χ1v) is 11.2. The Bertz CT molecular complexity index is 836. The molecule has 0 saturated heterocycles. The number of hydrogen-bond acceptors (Lipinski definition) is 5. The summed E-state index contributed by atoms with van der Waals surface area (Å²) in [5.41, 5.74) is 1.61. The molecule has 5 nitrogen and oxygen atoms in total. The van der Waals surface area contributed by atoms with E-state index in [1.807, 2.05) is 24.3 Å². The van der Waals surface area contributed by atoms with Gasteiger partial charge in [0, 0.05) is 0 Å². The zero-order valence-corrected chi connectivity index (χ0v) is 18.8. The van der Waals surface area contributed by atoms with Crippen LogP contribution in [0.4, 0.5) is 0 Å². The van der Waals surface area contributed by atoms with E-state index in [0.717, 1.165) is 37.0 Å². The zero-order valence-electron chi connectivity index (χ0n) is 18.8. The summed E-state index contributed by atoms with van der Waals surface area (Å²) in [6, 6.07) is 13.1. The fraction of sp³-hybridized carbons (Fsp3) is 0.407. The lowest BCUT2D eigenvalue weighted by atomic mass is 9.89.